The van der Waals surface area contributed by atoms with Crippen LogP contribution in [0.3, 0.4) is 0 Å². The number of carbonyl (C=O) groups excluding carboxylic acids is 1. The molecule has 66 valence electrons. The Balaban J connectivity index is 3.52. The van der Waals surface area contributed by atoms with Crippen LogP contribution in [0.5, 0.6) is 0 Å². The summed E-state index contributed by atoms with van der Waals surface area (Å²) in [7, 11) is 1.20. The highest BCUT2D eigenvalue weighted by Gasteiger charge is 2.17. The maximum Gasteiger partial charge on any atom is 0.340 e. The van der Waals surface area contributed by atoms with E-state index in [0.29, 0.717) is 5.92 Å². The number of rotatable bonds is 4. The first-order valence-corrected chi connectivity index (χ1v) is 3.79. The monoisotopic (exact) mass is 162 g/mol. The summed E-state index contributed by atoms with van der Waals surface area (Å²) in [6.07, 6.45) is -0.456. The molecular formula is C8H15FO2. The fourth-order valence-corrected chi connectivity index (χ4v) is 0.725. The lowest BCUT2D eigenvalue weighted by molar-refractivity contribution is -0.146. The molecule has 0 aliphatic carbocycles. The van der Waals surface area contributed by atoms with Crippen LogP contribution >= 0.6 is 0 Å². The van der Waals surface area contributed by atoms with Crippen molar-refractivity contribution in [1.82, 2.24) is 0 Å². The minimum absolute atomic E-state index is 0.268. The molecule has 3 heteroatoms. The molecule has 0 saturated carbocycles. The summed E-state index contributed by atoms with van der Waals surface area (Å²) in [5.41, 5.74) is 0. The molecule has 0 fully saturated rings. The molecule has 1 unspecified atom stereocenters. The van der Waals surface area contributed by atoms with Gasteiger partial charge in [-0.05, 0) is 18.8 Å². The zero-order chi connectivity index (χ0) is 8.85. The third-order valence-corrected chi connectivity index (χ3v) is 1.45. The van der Waals surface area contributed by atoms with E-state index in [-0.39, 0.29) is 6.42 Å². The van der Waals surface area contributed by atoms with Crippen LogP contribution in [0.25, 0.3) is 0 Å². The number of methoxy groups -OCH3 is 1. The summed E-state index contributed by atoms with van der Waals surface area (Å²) in [5, 5.41) is 0. The van der Waals surface area contributed by atoms with Gasteiger partial charge >= 0.3 is 5.97 Å². The SMILES string of the molecule is COC(=O)C(F)CCC(C)C. The van der Waals surface area contributed by atoms with E-state index in [9.17, 15) is 9.18 Å². The molecule has 0 aliphatic rings. The van der Waals surface area contributed by atoms with Crippen LogP contribution in [0.1, 0.15) is 26.7 Å². The summed E-state index contributed by atoms with van der Waals surface area (Å²) >= 11 is 0. The predicted molar refractivity (Wildman–Crippen MR) is 41.0 cm³/mol. The van der Waals surface area contributed by atoms with Gasteiger partial charge in [-0.2, -0.15) is 0 Å². The molecular weight excluding hydrogens is 147 g/mol. The van der Waals surface area contributed by atoms with Crippen molar-refractivity contribution in [2.45, 2.75) is 32.9 Å². The average Bonchev–Trinajstić information content (AvgIpc) is 1.98. The summed E-state index contributed by atoms with van der Waals surface area (Å²) in [4.78, 5) is 10.5. The van der Waals surface area contributed by atoms with Gasteiger partial charge in [-0.3, -0.25) is 0 Å². The molecule has 0 amide bonds. The van der Waals surface area contributed by atoms with E-state index in [2.05, 4.69) is 4.74 Å². The number of esters is 1. The summed E-state index contributed by atoms with van der Waals surface area (Å²) in [5.74, 6) is -0.330. The molecule has 0 rings (SSSR count). The Bertz CT molecular complexity index is 123. The topological polar surface area (TPSA) is 26.3 Å². The molecule has 0 bridgehead atoms. The van der Waals surface area contributed by atoms with Gasteiger partial charge in [0.1, 0.15) is 0 Å². The zero-order valence-electron chi connectivity index (χ0n) is 7.26. The normalized spacial score (nSPS) is 13.2. The van der Waals surface area contributed by atoms with Crippen LogP contribution < -0.4 is 0 Å². The largest absolute Gasteiger partial charge is 0.467 e. The molecule has 1 atom stereocenters. The van der Waals surface area contributed by atoms with Gasteiger partial charge < -0.3 is 4.74 Å². The van der Waals surface area contributed by atoms with Crippen molar-refractivity contribution in [3.63, 3.8) is 0 Å². The van der Waals surface area contributed by atoms with Crippen molar-refractivity contribution < 1.29 is 13.9 Å². The van der Waals surface area contributed by atoms with E-state index in [0.717, 1.165) is 6.42 Å². The maximum atomic E-state index is 12.7. The fourth-order valence-electron chi connectivity index (χ4n) is 0.725. The first kappa shape index (κ1) is 10.4. The number of halogens is 1. The highest BCUT2D eigenvalue weighted by molar-refractivity contribution is 5.74. The summed E-state index contributed by atoms with van der Waals surface area (Å²) in [6, 6.07) is 0. The predicted octanol–water partition coefficient (Wildman–Crippen LogP) is 1.93. The van der Waals surface area contributed by atoms with E-state index in [1.54, 1.807) is 0 Å². The second-order valence-corrected chi connectivity index (χ2v) is 2.96. The van der Waals surface area contributed by atoms with Gasteiger partial charge in [-0.15, -0.1) is 0 Å². The maximum absolute atomic E-state index is 12.7. The van der Waals surface area contributed by atoms with Crippen molar-refractivity contribution in [3.05, 3.63) is 0 Å². The van der Waals surface area contributed by atoms with E-state index in [4.69, 9.17) is 0 Å². The third-order valence-electron chi connectivity index (χ3n) is 1.45. The van der Waals surface area contributed by atoms with Gasteiger partial charge in [0.15, 0.2) is 6.17 Å². The van der Waals surface area contributed by atoms with Crippen molar-refractivity contribution in [1.29, 1.82) is 0 Å². The molecule has 0 aromatic rings. The highest BCUT2D eigenvalue weighted by atomic mass is 19.1. The van der Waals surface area contributed by atoms with Crippen LogP contribution in [0.4, 0.5) is 4.39 Å². The second kappa shape index (κ2) is 5.10. The van der Waals surface area contributed by atoms with E-state index in [1.807, 2.05) is 13.8 Å². The standard InChI is InChI=1S/C8H15FO2/c1-6(2)4-5-7(9)8(10)11-3/h6-7H,4-5H2,1-3H3. The van der Waals surface area contributed by atoms with Crippen molar-refractivity contribution in [2.24, 2.45) is 5.92 Å². The minimum Gasteiger partial charge on any atom is -0.467 e. The Kier molecular flexibility index (Phi) is 4.83. The Morgan fingerprint density at radius 3 is 2.36 bits per heavy atom. The second-order valence-electron chi connectivity index (χ2n) is 2.96. The van der Waals surface area contributed by atoms with Crippen LogP contribution in [-0.2, 0) is 9.53 Å². The number of alkyl halides is 1. The Morgan fingerprint density at radius 1 is 1.45 bits per heavy atom. The van der Waals surface area contributed by atoms with Gasteiger partial charge in [0.25, 0.3) is 0 Å². The van der Waals surface area contributed by atoms with E-state index < -0.39 is 12.1 Å². The van der Waals surface area contributed by atoms with Gasteiger partial charge in [0, 0.05) is 0 Å². The lowest BCUT2D eigenvalue weighted by atomic mass is 10.1. The van der Waals surface area contributed by atoms with Gasteiger partial charge in [0.05, 0.1) is 7.11 Å². The quantitative estimate of drug-likeness (QED) is 0.590. The molecule has 0 aromatic carbocycles. The smallest absolute Gasteiger partial charge is 0.340 e. The average molecular weight is 162 g/mol. The Morgan fingerprint density at radius 2 is 2.00 bits per heavy atom. The molecule has 0 heterocycles. The van der Waals surface area contributed by atoms with Crippen LogP contribution in [0.15, 0.2) is 0 Å². The molecule has 0 spiro atoms. The molecule has 0 aromatic heterocycles. The van der Waals surface area contributed by atoms with Crippen LogP contribution in [0, 0.1) is 5.92 Å². The number of hydrogen-bond acceptors (Lipinski definition) is 2. The fraction of sp³-hybridized carbons (Fsp3) is 0.875. The lowest BCUT2D eigenvalue weighted by Gasteiger charge is -2.06. The van der Waals surface area contributed by atoms with Crippen LogP contribution in [0.2, 0.25) is 0 Å². The van der Waals surface area contributed by atoms with Gasteiger partial charge in [-0.25, -0.2) is 9.18 Å². The molecule has 2 nitrogen and oxygen atoms in total. The third kappa shape index (κ3) is 4.76. The van der Waals surface area contributed by atoms with Crippen molar-refractivity contribution >= 4 is 5.97 Å². The molecule has 0 saturated heterocycles. The number of hydrogen-bond donors (Lipinski definition) is 0. The molecule has 0 aliphatic heterocycles. The Hall–Kier alpha value is -0.600. The number of ether oxygens (including phenoxy) is 1. The van der Waals surface area contributed by atoms with E-state index in [1.165, 1.54) is 7.11 Å². The van der Waals surface area contributed by atoms with Crippen molar-refractivity contribution in [3.8, 4) is 0 Å². The zero-order valence-corrected chi connectivity index (χ0v) is 7.26. The van der Waals surface area contributed by atoms with Crippen molar-refractivity contribution in [2.75, 3.05) is 7.11 Å². The molecule has 11 heavy (non-hydrogen) atoms. The highest BCUT2D eigenvalue weighted by Crippen LogP contribution is 2.09. The van der Waals surface area contributed by atoms with Gasteiger partial charge in [-0.1, -0.05) is 13.8 Å². The first-order chi connectivity index (χ1) is 5.07. The Labute approximate surface area is 66.7 Å². The molecule has 0 radical (unpaired) electrons. The number of carbonyl (C=O) groups is 1. The van der Waals surface area contributed by atoms with Crippen LogP contribution in [-0.4, -0.2) is 19.3 Å². The van der Waals surface area contributed by atoms with Gasteiger partial charge in [0.2, 0.25) is 0 Å². The lowest BCUT2D eigenvalue weighted by Crippen LogP contribution is -2.17. The molecule has 0 N–H and O–H groups in total. The summed E-state index contributed by atoms with van der Waals surface area (Å²) < 4.78 is 16.9. The van der Waals surface area contributed by atoms with E-state index >= 15 is 0 Å². The first-order valence-electron chi connectivity index (χ1n) is 3.79. The summed E-state index contributed by atoms with van der Waals surface area (Å²) in [6.45, 7) is 3.98. The minimum atomic E-state index is -1.44.